The van der Waals surface area contributed by atoms with E-state index >= 15 is 0 Å². The van der Waals surface area contributed by atoms with Crippen LogP contribution in [0.1, 0.15) is 26.5 Å². The van der Waals surface area contributed by atoms with E-state index in [2.05, 4.69) is 4.98 Å². The lowest BCUT2D eigenvalue weighted by atomic mass is 9.82. The van der Waals surface area contributed by atoms with E-state index in [1.807, 2.05) is 18.2 Å². The molecule has 0 aliphatic rings. The zero-order valence-corrected chi connectivity index (χ0v) is 12.6. The molecule has 1 aromatic heterocycles. The number of allylic oxidation sites excluding steroid dienone is 5. The third kappa shape index (κ3) is 5.04. The third-order valence-electron chi connectivity index (χ3n) is 3.27. The molecule has 3 N–H and O–H groups in total. The van der Waals surface area contributed by atoms with E-state index in [1.165, 1.54) is 6.39 Å². The van der Waals surface area contributed by atoms with E-state index in [-0.39, 0.29) is 0 Å². The molecule has 0 saturated carbocycles. The van der Waals surface area contributed by atoms with Gasteiger partial charge < -0.3 is 15.3 Å². The van der Waals surface area contributed by atoms with Crippen LogP contribution in [0.2, 0.25) is 0 Å². The van der Waals surface area contributed by atoms with E-state index in [9.17, 15) is 9.90 Å². The van der Waals surface area contributed by atoms with Gasteiger partial charge in [0.15, 0.2) is 6.39 Å². The Labute approximate surface area is 124 Å². The summed E-state index contributed by atoms with van der Waals surface area (Å²) in [5, 5.41) is 10.1. The molecule has 0 saturated heterocycles. The fourth-order valence-corrected chi connectivity index (χ4v) is 1.67. The number of nitrogens with zero attached hydrogens (tertiary/aromatic N) is 1. The molecule has 0 aliphatic carbocycles. The summed E-state index contributed by atoms with van der Waals surface area (Å²) in [4.78, 5) is 15.1. The molecule has 0 aliphatic heterocycles. The molecule has 114 valence electrons. The Morgan fingerprint density at radius 3 is 2.76 bits per heavy atom. The predicted octanol–water partition coefficient (Wildman–Crippen LogP) is 2.15. The van der Waals surface area contributed by atoms with Crippen LogP contribution in [0.3, 0.4) is 0 Å². The number of rotatable bonds is 7. The Balaban J connectivity index is 2.53. The summed E-state index contributed by atoms with van der Waals surface area (Å²) in [5.74, 6) is 0.267. The quantitative estimate of drug-likeness (QED) is 0.753. The fourth-order valence-electron chi connectivity index (χ4n) is 1.67. The predicted molar refractivity (Wildman–Crippen MR) is 81.2 cm³/mol. The molecule has 0 bridgehead atoms. The van der Waals surface area contributed by atoms with E-state index in [4.69, 9.17) is 10.2 Å². The number of oxazole rings is 1. The van der Waals surface area contributed by atoms with Crippen LogP contribution < -0.4 is 5.73 Å². The molecule has 5 heteroatoms. The number of primary amides is 1. The van der Waals surface area contributed by atoms with Gasteiger partial charge in [-0.25, -0.2) is 4.98 Å². The molecule has 0 unspecified atom stereocenters. The van der Waals surface area contributed by atoms with Gasteiger partial charge in [0.25, 0.3) is 0 Å². The highest BCUT2D eigenvalue weighted by atomic mass is 16.3. The monoisotopic (exact) mass is 290 g/mol. The van der Waals surface area contributed by atoms with Gasteiger partial charge in [-0.2, -0.15) is 0 Å². The van der Waals surface area contributed by atoms with Crippen molar-refractivity contribution in [3.8, 4) is 0 Å². The van der Waals surface area contributed by atoms with E-state index in [0.717, 1.165) is 5.76 Å². The fraction of sp³-hybridized carbons (Fsp3) is 0.375. The molecule has 0 spiro atoms. The minimum atomic E-state index is -0.990. The van der Waals surface area contributed by atoms with Crippen molar-refractivity contribution < 1.29 is 14.3 Å². The highest BCUT2D eigenvalue weighted by Gasteiger charge is 2.34. The van der Waals surface area contributed by atoms with E-state index in [1.54, 1.807) is 39.1 Å². The first-order chi connectivity index (χ1) is 9.85. The number of aromatic nitrogens is 1. The lowest BCUT2D eigenvalue weighted by Gasteiger charge is -2.27. The Bertz CT molecular complexity index is 540. The molecule has 1 aromatic rings. The number of hydrogen-bond donors (Lipinski definition) is 2. The Hall–Kier alpha value is -2.14. The summed E-state index contributed by atoms with van der Waals surface area (Å²) in [6.07, 6.45) is 12.0. The number of aliphatic hydroxyl groups is 1. The van der Waals surface area contributed by atoms with Crippen LogP contribution >= 0.6 is 0 Å². The van der Waals surface area contributed by atoms with Crippen LogP contribution in [-0.2, 0) is 11.2 Å². The molecule has 0 aromatic carbocycles. The maximum absolute atomic E-state index is 11.3. The van der Waals surface area contributed by atoms with Gasteiger partial charge in [-0.15, -0.1) is 0 Å². The van der Waals surface area contributed by atoms with Gasteiger partial charge in [-0.05, 0) is 26.3 Å². The van der Waals surface area contributed by atoms with Crippen LogP contribution in [-0.4, -0.2) is 22.1 Å². The Morgan fingerprint density at radius 1 is 1.48 bits per heavy atom. The van der Waals surface area contributed by atoms with Gasteiger partial charge in [0.1, 0.15) is 5.76 Å². The zero-order chi connectivity index (χ0) is 15.9. The van der Waals surface area contributed by atoms with Crippen molar-refractivity contribution in [2.75, 3.05) is 0 Å². The second-order valence-electron chi connectivity index (χ2n) is 5.38. The van der Waals surface area contributed by atoms with Gasteiger partial charge in [0, 0.05) is 6.42 Å². The van der Waals surface area contributed by atoms with Crippen LogP contribution in [0.4, 0.5) is 0 Å². The molecule has 1 heterocycles. The Kier molecular flexibility index (Phi) is 6.11. The van der Waals surface area contributed by atoms with Crippen molar-refractivity contribution in [3.05, 3.63) is 54.3 Å². The number of carbonyl (C=O) groups excluding carboxylic acids is 1. The van der Waals surface area contributed by atoms with Gasteiger partial charge in [-0.1, -0.05) is 30.4 Å². The molecule has 1 amide bonds. The molecule has 0 fully saturated rings. The van der Waals surface area contributed by atoms with Crippen molar-refractivity contribution in [2.45, 2.75) is 33.3 Å². The second-order valence-corrected chi connectivity index (χ2v) is 5.38. The van der Waals surface area contributed by atoms with Gasteiger partial charge in [0.05, 0.1) is 17.7 Å². The van der Waals surface area contributed by atoms with Crippen molar-refractivity contribution in [3.63, 3.8) is 0 Å². The van der Waals surface area contributed by atoms with Gasteiger partial charge >= 0.3 is 0 Å². The third-order valence-corrected chi connectivity index (χ3v) is 3.27. The lowest BCUT2D eigenvalue weighted by molar-refractivity contribution is -0.130. The first-order valence-electron chi connectivity index (χ1n) is 6.71. The Morgan fingerprint density at radius 2 is 2.19 bits per heavy atom. The molecule has 1 rings (SSSR count). The van der Waals surface area contributed by atoms with Crippen molar-refractivity contribution in [2.24, 2.45) is 11.1 Å². The first kappa shape index (κ1) is 16.9. The smallest absolute Gasteiger partial charge is 0.226 e. The largest absolute Gasteiger partial charge is 0.448 e. The van der Waals surface area contributed by atoms with Crippen LogP contribution in [0.15, 0.2) is 53.0 Å². The molecular weight excluding hydrogens is 268 g/mol. The number of nitrogens with two attached hydrogens (primary N) is 1. The minimum Gasteiger partial charge on any atom is -0.448 e. The van der Waals surface area contributed by atoms with Crippen molar-refractivity contribution in [1.82, 2.24) is 4.98 Å². The zero-order valence-electron chi connectivity index (χ0n) is 12.6. The van der Waals surface area contributed by atoms with Gasteiger partial charge in [0.2, 0.25) is 5.91 Å². The SMILES string of the molecule is CC(=CC=CC=CCc1cnco1)[C@H](O)C(C)(C)C(N)=O. The number of amides is 1. The molecule has 1 atom stereocenters. The van der Waals surface area contributed by atoms with Crippen LogP contribution in [0.5, 0.6) is 0 Å². The summed E-state index contributed by atoms with van der Waals surface area (Å²) in [6.45, 7) is 5.01. The summed E-state index contributed by atoms with van der Waals surface area (Å²) >= 11 is 0. The standard InChI is InChI=1S/C16H22N2O3/c1-12(14(19)16(2,3)15(17)20)8-6-4-5-7-9-13-10-18-11-21-13/h4-8,10-11,14,19H,9H2,1-3H3,(H2,17,20)/t14-/m0/s1. The first-order valence-corrected chi connectivity index (χ1v) is 6.71. The number of carbonyl (C=O) groups is 1. The highest BCUT2D eigenvalue weighted by molar-refractivity contribution is 5.81. The molecule has 5 nitrogen and oxygen atoms in total. The maximum Gasteiger partial charge on any atom is 0.226 e. The van der Waals surface area contributed by atoms with Crippen molar-refractivity contribution in [1.29, 1.82) is 0 Å². The number of hydrogen-bond acceptors (Lipinski definition) is 4. The second kappa shape index (κ2) is 7.59. The van der Waals surface area contributed by atoms with Crippen molar-refractivity contribution >= 4 is 5.91 Å². The topological polar surface area (TPSA) is 89.3 Å². The molecule has 21 heavy (non-hydrogen) atoms. The minimum absolute atomic E-state index is 0.529. The summed E-state index contributed by atoms with van der Waals surface area (Å²) in [6, 6.07) is 0. The molecule has 0 radical (unpaired) electrons. The normalized spacial score (nSPS) is 15.0. The summed E-state index contributed by atoms with van der Waals surface area (Å²) in [5.41, 5.74) is 4.97. The van der Waals surface area contributed by atoms with E-state index in [0.29, 0.717) is 12.0 Å². The average molecular weight is 290 g/mol. The number of aliphatic hydroxyl groups excluding tert-OH is 1. The summed E-state index contributed by atoms with van der Waals surface area (Å²) < 4.78 is 5.09. The summed E-state index contributed by atoms with van der Waals surface area (Å²) in [7, 11) is 0. The lowest BCUT2D eigenvalue weighted by Crippen LogP contribution is -2.42. The van der Waals surface area contributed by atoms with Gasteiger partial charge in [-0.3, -0.25) is 4.79 Å². The van der Waals surface area contributed by atoms with Crippen LogP contribution in [0, 0.1) is 5.41 Å². The average Bonchev–Trinajstić information content (AvgIpc) is 2.94. The van der Waals surface area contributed by atoms with Crippen LogP contribution in [0.25, 0.3) is 0 Å². The molecular formula is C16H22N2O3. The highest BCUT2D eigenvalue weighted by Crippen LogP contribution is 2.25. The maximum atomic E-state index is 11.3. The van der Waals surface area contributed by atoms with E-state index < -0.39 is 17.4 Å².